The van der Waals surface area contributed by atoms with E-state index in [2.05, 4.69) is 4.90 Å². The van der Waals surface area contributed by atoms with Gasteiger partial charge in [-0.15, -0.1) is 0 Å². The van der Waals surface area contributed by atoms with Gasteiger partial charge in [0, 0.05) is 19.5 Å². The van der Waals surface area contributed by atoms with Gasteiger partial charge in [-0.3, -0.25) is 9.69 Å². The average molecular weight is 298 g/mol. The molecule has 0 aromatic heterocycles. The van der Waals surface area contributed by atoms with Crippen molar-refractivity contribution in [1.29, 1.82) is 0 Å². The molecule has 4 nitrogen and oxygen atoms in total. The normalized spacial score (nSPS) is 19.2. The van der Waals surface area contributed by atoms with E-state index in [0.29, 0.717) is 16.7 Å². The number of benzene rings is 1. The van der Waals surface area contributed by atoms with Crippen molar-refractivity contribution in [2.75, 3.05) is 20.2 Å². The summed E-state index contributed by atoms with van der Waals surface area (Å²) in [6, 6.07) is 5.84. The number of ether oxygens (including phenoxy) is 1. The number of hydrogen-bond donors (Lipinski definition) is 1. The van der Waals surface area contributed by atoms with Gasteiger partial charge < -0.3 is 9.84 Å². The molecule has 0 aliphatic carbocycles. The smallest absolute Gasteiger partial charge is 0.303 e. The third-order valence-electron chi connectivity index (χ3n) is 3.76. The van der Waals surface area contributed by atoms with E-state index in [0.717, 1.165) is 38.0 Å². The van der Waals surface area contributed by atoms with Crippen molar-refractivity contribution in [3.8, 4) is 5.75 Å². The number of nitrogens with zero attached hydrogens (tertiary/aromatic N) is 1. The maximum atomic E-state index is 10.6. The molecule has 1 aromatic rings. The van der Waals surface area contributed by atoms with E-state index in [1.165, 1.54) is 0 Å². The molecule has 0 amide bonds. The highest BCUT2D eigenvalue weighted by Crippen LogP contribution is 2.27. The van der Waals surface area contributed by atoms with E-state index in [4.69, 9.17) is 21.4 Å². The molecule has 1 aromatic carbocycles. The summed E-state index contributed by atoms with van der Waals surface area (Å²) in [5.41, 5.74) is 1.16. The summed E-state index contributed by atoms with van der Waals surface area (Å²) in [4.78, 5) is 12.9. The average Bonchev–Trinajstić information content (AvgIpc) is 2.84. The first-order valence-corrected chi connectivity index (χ1v) is 7.23. The summed E-state index contributed by atoms with van der Waals surface area (Å²) in [6.07, 6.45) is 2.12. The van der Waals surface area contributed by atoms with Gasteiger partial charge in [-0.25, -0.2) is 0 Å². The molecule has 1 atom stereocenters. The van der Waals surface area contributed by atoms with E-state index in [1.54, 1.807) is 7.11 Å². The molecule has 1 aliphatic heterocycles. The second-order valence-electron chi connectivity index (χ2n) is 5.29. The van der Waals surface area contributed by atoms with E-state index in [9.17, 15) is 4.79 Å². The minimum absolute atomic E-state index is 0.271. The Hall–Kier alpha value is -1.26. The summed E-state index contributed by atoms with van der Waals surface area (Å²) < 4.78 is 5.14. The third-order valence-corrected chi connectivity index (χ3v) is 4.05. The lowest BCUT2D eigenvalue weighted by molar-refractivity contribution is -0.137. The lowest BCUT2D eigenvalue weighted by Crippen LogP contribution is -2.20. The van der Waals surface area contributed by atoms with Gasteiger partial charge in [-0.1, -0.05) is 17.7 Å². The number of carboxylic acids is 1. The Morgan fingerprint density at radius 2 is 2.35 bits per heavy atom. The number of aliphatic carboxylic acids is 1. The minimum Gasteiger partial charge on any atom is -0.495 e. The fourth-order valence-electron chi connectivity index (χ4n) is 2.69. The standard InChI is InChI=1S/C15H20ClNO3/c1-20-14-4-2-12(8-13(14)16)10-17-7-6-11(9-17)3-5-15(18)19/h2,4,8,11H,3,5-7,9-10H2,1H3,(H,18,19). The Morgan fingerprint density at radius 1 is 1.55 bits per heavy atom. The largest absolute Gasteiger partial charge is 0.495 e. The number of carbonyl (C=O) groups is 1. The molecule has 1 unspecified atom stereocenters. The molecule has 0 spiro atoms. The zero-order chi connectivity index (χ0) is 14.5. The molecule has 0 saturated carbocycles. The van der Waals surface area contributed by atoms with E-state index >= 15 is 0 Å². The Morgan fingerprint density at radius 3 is 3.00 bits per heavy atom. The molecular formula is C15H20ClNO3. The fraction of sp³-hybridized carbons (Fsp3) is 0.533. The van der Waals surface area contributed by atoms with Crippen LogP contribution in [-0.4, -0.2) is 36.2 Å². The van der Waals surface area contributed by atoms with Crippen LogP contribution >= 0.6 is 11.6 Å². The van der Waals surface area contributed by atoms with Gasteiger partial charge in [0.25, 0.3) is 0 Å². The highest BCUT2D eigenvalue weighted by molar-refractivity contribution is 6.32. The summed E-state index contributed by atoms with van der Waals surface area (Å²) in [7, 11) is 1.61. The highest BCUT2D eigenvalue weighted by Gasteiger charge is 2.23. The van der Waals surface area contributed by atoms with Gasteiger partial charge >= 0.3 is 5.97 Å². The van der Waals surface area contributed by atoms with Gasteiger partial charge in [0.05, 0.1) is 12.1 Å². The maximum absolute atomic E-state index is 10.6. The van der Waals surface area contributed by atoms with Crippen LogP contribution in [0.4, 0.5) is 0 Å². The van der Waals surface area contributed by atoms with Crippen molar-refractivity contribution in [1.82, 2.24) is 4.90 Å². The third kappa shape index (κ3) is 4.12. The van der Waals surface area contributed by atoms with Crippen molar-refractivity contribution < 1.29 is 14.6 Å². The monoisotopic (exact) mass is 297 g/mol. The van der Waals surface area contributed by atoms with Crippen molar-refractivity contribution in [3.05, 3.63) is 28.8 Å². The van der Waals surface area contributed by atoms with Gasteiger partial charge in [-0.2, -0.15) is 0 Å². The number of carboxylic acid groups (broad SMARTS) is 1. The second kappa shape index (κ2) is 6.95. The van der Waals surface area contributed by atoms with Crippen LogP contribution in [0.15, 0.2) is 18.2 Å². The first kappa shape index (κ1) is 15.1. The molecule has 0 bridgehead atoms. The molecule has 5 heteroatoms. The predicted molar refractivity (Wildman–Crippen MR) is 78.3 cm³/mol. The van der Waals surface area contributed by atoms with Crippen LogP contribution in [-0.2, 0) is 11.3 Å². The molecule has 2 rings (SSSR count). The van der Waals surface area contributed by atoms with Crippen LogP contribution in [0.3, 0.4) is 0 Å². The molecule has 0 radical (unpaired) electrons. The summed E-state index contributed by atoms with van der Waals surface area (Å²) in [5, 5.41) is 9.35. The van der Waals surface area contributed by atoms with Crippen LogP contribution in [0, 0.1) is 5.92 Å². The molecule has 1 heterocycles. The van der Waals surface area contributed by atoms with E-state index < -0.39 is 5.97 Å². The Bertz CT molecular complexity index is 478. The van der Waals surface area contributed by atoms with Crippen molar-refractivity contribution in [3.63, 3.8) is 0 Å². The summed E-state index contributed by atoms with van der Waals surface area (Å²) in [5.74, 6) is 0.487. The fourth-order valence-corrected chi connectivity index (χ4v) is 2.97. The van der Waals surface area contributed by atoms with E-state index in [1.807, 2.05) is 18.2 Å². The second-order valence-corrected chi connectivity index (χ2v) is 5.70. The SMILES string of the molecule is COc1ccc(CN2CCC(CCC(=O)O)C2)cc1Cl. The Balaban J connectivity index is 1.85. The molecule has 1 N–H and O–H groups in total. The topological polar surface area (TPSA) is 49.8 Å². The van der Waals surface area contributed by atoms with Crippen molar-refractivity contribution >= 4 is 17.6 Å². The van der Waals surface area contributed by atoms with E-state index in [-0.39, 0.29) is 6.42 Å². The minimum atomic E-state index is -0.703. The van der Waals surface area contributed by atoms with Crippen LogP contribution in [0.5, 0.6) is 5.75 Å². The highest BCUT2D eigenvalue weighted by atomic mass is 35.5. The lowest BCUT2D eigenvalue weighted by Gasteiger charge is -2.16. The van der Waals surface area contributed by atoms with Gasteiger partial charge in [0.1, 0.15) is 5.75 Å². The predicted octanol–water partition coefficient (Wildman–Crippen LogP) is 3.04. The quantitative estimate of drug-likeness (QED) is 0.877. The number of halogens is 1. The van der Waals surface area contributed by atoms with Crippen LogP contribution in [0.1, 0.15) is 24.8 Å². The summed E-state index contributed by atoms with van der Waals surface area (Å²) in [6.45, 7) is 2.85. The number of rotatable bonds is 6. The first-order valence-electron chi connectivity index (χ1n) is 6.85. The van der Waals surface area contributed by atoms with Crippen LogP contribution < -0.4 is 4.74 Å². The molecule has 20 heavy (non-hydrogen) atoms. The molecular weight excluding hydrogens is 278 g/mol. The van der Waals surface area contributed by atoms with Crippen LogP contribution in [0.2, 0.25) is 5.02 Å². The Kier molecular flexibility index (Phi) is 5.26. The molecule has 1 fully saturated rings. The first-order chi connectivity index (χ1) is 9.58. The van der Waals surface area contributed by atoms with Gasteiger partial charge in [0.15, 0.2) is 0 Å². The Labute approximate surface area is 124 Å². The van der Waals surface area contributed by atoms with Gasteiger partial charge in [0.2, 0.25) is 0 Å². The van der Waals surface area contributed by atoms with Crippen molar-refractivity contribution in [2.45, 2.75) is 25.8 Å². The zero-order valence-corrected chi connectivity index (χ0v) is 12.4. The molecule has 1 saturated heterocycles. The van der Waals surface area contributed by atoms with Crippen LogP contribution in [0.25, 0.3) is 0 Å². The zero-order valence-electron chi connectivity index (χ0n) is 11.6. The number of methoxy groups -OCH3 is 1. The molecule has 110 valence electrons. The van der Waals surface area contributed by atoms with Gasteiger partial charge in [-0.05, 0) is 43.0 Å². The summed E-state index contributed by atoms with van der Waals surface area (Å²) >= 11 is 6.12. The molecule has 1 aliphatic rings. The maximum Gasteiger partial charge on any atom is 0.303 e. The van der Waals surface area contributed by atoms with Crippen molar-refractivity contribution in [2.24, 2.45) is 5.92 Å². The number of hydrogen-bond acceptors (Lipinski definition) is 3. The number of likely N-dealkylation sites (tertiary alicyclic amines) is 1. The lowest BCUT2D eigenvalue weighted by atomic mass is 10.0.